The number of urea groups is 1. The van der Waals surface area contributed by atoms with Gasteiger partial charge in [-0.1, -0.05) is 30.3 Å². The van der Waals surface area contributed by atoms with E-state index in [1.807, 2.05) is 42.5 Å². The average Bonchev–Trinajstić information content (AvgIpc) is 3.32. The van der Waals surface area contributed by atoms with Crippen molar-refractivity contribution in [2.45, 2.75) is 56.7 Å². The number of rotatable bonds is 4. The summed E-state index contributed by atoms with van der Waals surface area (Å²) in [6.07, 6.45) is 9.76. The molecular formula is C30H33N3O2. The number of benzene rings is 2. The monoisotopic (exact) mass is 467 g/mol. The van der Waals surface area contributed by atoms with Crippen LogP contribution in [0.25, 0.3) is 0 Å². The van der Waals surface area contributed by atoms with Crippen molar-refractivity contribution in [3.63, 3.8) is 0 Å². The van der Waals surface area contributed by atoms with Gasteiger partial charge in [0.15, 0.2) is 0 Å². The Morgan fingerprint density at radius 1 is 0.829 bits per heavy atom. The van der Waals surface area contributed by atoms with Crippen LogP contribution in [-0.2, 0) is 6.54 Å². The van der Waals surface area contributed by atoms with Gasteiger partial charge in [-0.25, -0.2) is 4.79 Å². The number of hydrogen-bond acceptors (Lipinski definition) is 2. The Morgan fingerprint density at radius 2 is 1.54 bits per heavy atom. The molecule has 2 heterocycles. The molecular weight excluding hydrogens is 434 g/mol. The predicted octanol–water partition coefficient (Wildman–Crippen LogP) is 6.36. The highest BCUT2D eigenvalue weighted by molar-refractivity contribution is 5.76. The minimum atomic E-state index is -0.132. The molecule has 0 spiro atoms. The molecule has 1 atom stereocenters. The summed E-state index contributed by atoms with van der Waals surface area (Å²) in [5.41, 5.74) is 2.25. The number of carbonyl (C=O) groups is 1. The van der Waals surface area contributed by atoms with Crippen molar-refractivity contribution >= 4 is 6.03 Å². The van der Waals surface area contributed by atoms with Gasteiger partial charge >= 0.3 is 6.03 Å². The van der Waals surface area contributed by atoms with Crippen molar-refractivity contribution in [1.82, 2.24) is 14.8 Å². The highest BCUT2D eigenvalue weighted by Gasteiger charge is 2.52. The molecule has 8 rings (SSSR count). The summed E-state index contributed by atoms with van der Waals surface area (Å²) in [4.78, 5) is 16.0. The van der Waals surface area contributed by atoms with Gasteiger partial charge in [-0.15, -0.1) is 0 Å². The van der Waals surface area contributed by atoms with Crippen molar-refractivity contribution < 1.29 is 9.53 Å². The Kier molecular flexibility index (Phi) is 4.93. The third-order valence-corrected chi connectivity index (χ3v) is 8.86. The van der Waals surface area contributed by atoms with E-state index in [4.69, 9.17) is 4.74 Å². The standard InChI is InChI=1S/C30H33N3O2/c34-29(31-30-18-21-14-22(19-30)16-23(15-21)20-30)33-13-12-32-11-5-10-27(32)28(33)24-6-4-9-26(17-24)35-25-7-2-1-3-8-25/h1-11,17,21-23,28H,12-16,18-20H2,(H,31,34). The quantitative estimate of drug-likeness (QED) is 0.485. The maximum Gasteiger partial charge on any atom is 0.318 e. The summed E-state index contributed by atoms with van der Waals surface area (Å²) in [6.45, 7) is 1.53. The molecule has 35 heavy (non-hydrogen) atoms. The van der Waals surface area contributed by atoms with E-state index in [-0.39, 0.29) is 17.6 Å². The summed E-state index contributed by atoms with van der Waals surface area (Å²) < 4.78 is 8.42. The minimum absolute atomic E-state index is 0.00803. The number of nitrogens with zero attached hydrogens (tertiary/aromatic N) is 2. The van der Waals surface area contributed by atoms with Crippen LogP contribution in [0.1, 0.15) is 55.8 Å². The summed E-state index contributed by atoms with van der Waals surface area (Å²) in [7, 11) is 0. The Hall–Kier alpha value is -3.21. The molecule has 4 fully saturated rings. The van der Waals surface area contributed by atoms with E-state index in [1.165, 1.54) is 38.5 Å². The fraction of sp³-hybridized carbons (Fsp3) is 0.433. The van der Waals surface area contributed by atoms with Crippen molar-refractivity contribution in [1.29, 1.82) is 0 Å². The number of nitrogens with one attached hydrogen (secondary N) is 1. The molecule has 4 bridgehead atoms. The summed E-state index contributed by atoms with van der Waals surface area (Å²) in [5.74, 6) is 4.03. The summed E-state index contributed by atoms with van der Waals surface area (Å²) in [5, 5.41) is 3.62. The van der Waals surface area contributed by atoms with E-state index < -0.39 is 0 Å². The first kappa shape index (κ1) is 21.1. The Bertz CT molecular complexity index is 1200. The largest absolute Gasteiger partial charge is 0.457 e. The van der Waals surface area contributed by atoms with Crippen LogP contribution >= 0.6 is 0 Å². The zero-order valence-electron chi connectivity index (χ0n) is 20.1. The molecule has 1 N–H and O–H groups in total. The van der Waals surface area contributed by atoms with Crippen LogP contribution in [0.5, 0.6) is 11.5 Å². The summed E-state index contributed by atoms with van der Waals surface area (Å²) >= 11 is 0. The van der Waals surface area contributed by atoms with Crippen molar-refractivity contribution in [3.05, 3.63) is 84.2 Å². The maximum atomic E-state index is 13.9. The van der Waals surface area contributed by atoms with Gasteiger partial charge in [0, 0.05) is 30.5 Å². The van der Waals surface area contributed by atoms with Gasteiger partial charge in [-0.05, 0) is 98.2 Å². The molecule has 3 aromatic rings. The van der Waals surface area contributed by atoms with Crippen LogP contribution in [0.2, 0.25) is 0 Å². The van der Waals surface area contributed by atoms with Crippen LogP contribution < -0.4 is 10.1 Å². The molecule has 0 saturated heterocycles. The zero-order chi connectivity index (χ0) is 23.4. The Morgan fingerprint density at radius 3 is 2.29 bits per heavy atom. The lowest BCUT2D eigenvalue weighted by molar-refractivity contribution is -0.0165. The van der Waals surface area contributed by atoms with Gasteiger partial charge in [0.1, 0.15) is 11.5 Å². The topological polar surface area (TPSA) is 46.5 Å². The maximum absolute atomic E-state index is 13.9. The van der Waals surface area contributed by atoms with Crippen LogP contribution in [0.4, 0.5) is 4.79 Å². The third kappa shape index (κ3) is 3.81. The first-order valence-electron chi connectivity index (χ1n) is 13.2. The lowest BCUT2D eigenvalue weighted by Crippen LogP contribution is -2.62. The van der Waals surface area contributed by atoms with E-state index in [1.54, 1.807) is 0 Å². The second-order valence-corrected chi connectivity index (χ2v) is 11.3. The van der Waals surface area contributed by atoms with E-state index >= 15 is 0 Å². The fourth-order valence-electron chi connectivity index (χ4n) is 7.89. The van der Waals surface area contributed by atoms with Gasteiger partial charge in [-0.3, -0.25) is 0 Å². The fourth-order valence-corrected chi connectivity index (χ4v) is 7.89. The molecule has 2 amide bonds. The Balaban J connectivity index is 1.18. The molecule has 2 aromatic carbocycles. The number of amides is 2. The number of hydrogen-bond donors (Lipinski definition) is 1. The first-order chi connectivity index (χ1) is 17.1. The smallest absolute Gasteiger partial charge is 0.318 e. The molecule has 1 aliphatic heterocycles. The number of fused-ring (bicyclic) bond motifs is 1. The van der Waals surface area contributed by atoms with Gasteiger partial charge in [0.2, 0.25) is 0 Å². The molecule has 1 unspecified atom stereocenters. The molecule has 180 valence electrons. The molecule has 0 radical (unpaired) electrons. The lowest BCUT2D eigenvalue weighted by atomic mass is 9.53. The second kappa shape index (κ2) is 8.18. The number of carbonyl (C=O) groups excluding carboxylic acids is 1. The predicted molar refractivity (Wildman–Crippen MR) is 135 cm³/mol. The van der Waals surface area contributed by atoms with Crippen LogP contribution in [0.15, 0.2) is 72.9 Å². The van der Waals surface area contributed by atoms with E-state index in [9.17, 15) is 4.79 Å². The third-order valence-electron chi connectivity index (χ3n) is 8.86. The lowest BCUT2D eigenvalue weighted by Gasteiger charge is -2.57. The highest BCUT2D eigenvalue weighted by atomic mass is 16.5. The first-order valence-corrected chi connectivity index (χ1v) is 13.2. The van der Waals surface area contributed by atoms with E-state index in [0.717, 1.165) is 47.1 Å². The van der Waals surface area contributed by atoms with Crippen LogP contribution in [-0.4, -0.2) is 27.6 Å². The molecule has 5 nitrogen and oxygen atoms in total. The van der Waals surface area contributed by atoms with E-state index in [2.05, 4.69) is 45.2 Å². The number of para-hydroxylation sites is 1. The van der Waals surface area contributed by atoms with Gasteiger partial charge in [0.25, 0.3) is 0 Å². The molecule has 5 aliphatic rings. The molecule has 4 saturated carbocycles. The van der Waals surface area contributed by atoms with Gasteiger partial charge in [-0.2, -0.15) is 0 Å². The molecule has 1 aromatic heterocycles. The zero-order valence-corrected chi connectivity index (χ0v) is 20.1. The van der Waals surface area contributed by atoms with Crippen molar-refractivity contribution in [2.24, 2.45) is 17.8 Å². The van der Waals surface area contributed by atoms with Gasteiger partial charge < -0.3 is 19.5 Å². The van der Waals surface area contributed by atoms with Gasteiger partial charge in [0.05, 0.1) is 6.04 Å². The average molecular weight is 468 g/mol. The minimum Gasteiger partial charge on any atom is -0.457 e. The van der Waals surface area contributed by atoms with Crippen molar-refractivity contribution in [2.75, 3.05) is 6.54 Å². The SMILES string of the molecule is O=C(NC12CC3CC(CC(C3)C1)C2)N1CCn2cccc2C1c1cccc(Oc2ccccc2)c1. The number of aromatic nitrogens is 1. The number of ether oxygens (including phenoxy) is 1. The van der Waals surface area contributed by atoms with Crippen molar-refractivity contribution in [3.8, 4) is 11.5 Å². The normalized spacial score (nSPS) is 30.7. The van der Waals surface area contributed by atoms with Crippen LogP contribution in [0.3, 0.4) is 0 Å². The second-order valence-electron chi connectivity index (χ2n) is 11.3. The molecule has 4 aliphatic carbocycles. The van der Waals surface area contributed by atoms with Crippen LogP contribution in [0, 0.1) is 17.8 Å². The Labute approximate surface area is 207 Å². The van der Waals surface area contributed by atoms with E-state index in [0.29, 0.717) is 6.54 Å². The molecule has 5 heteroatoms. The summed E-state index contributed by atoms with van der Waals surface area (Å²) in [6, 6.07) is 22.3. The highest BCUT2D eigenvalue weighted by Crippen LogP contribution is 2.55.